The highest BCUT2D eigenvalue weighted by Crippen LogP contribution is 2.31. The fourth-order valence-corrected chi connectivity index (χ4v) is 4.21. The zero-order valence-electron chi connectivity index (χ0n) is 17.6. The third-order valence-corrected chi connectivity index (χ3v) is 6.21. The number of sulfonamides is 1. The van der Waals surface area contributed by atoms with Gasteiger partial charge in [-0.3, -0.25) is 9.52 Å². The first-order chi connectivity index (χ1) is 16.0. The average molecular weight is 459 g/mol. The highest BCUT2D eigenvalue weighted by atomic mass is 32.2. The lowest BCUT2D eigenvalue weighted by atomic mass is 10.2. The molecule has 0 aromatic heterocycles. The number of rotatable bonds is 8. The molecule has 0 radical (unpaired) electrons. The molecule has 0 bridgehead atoms. The first kappa shape index (κ1) is 22.1. The van der Waals surface area contributed by atoms with Crippen LogP contribution in [0, 0.1) is 0 Å². The summed E-state index contributed by atoms with van der Waals surface area (Å²) in [6.45, 7) is 0.254. The molecule has 7 heteroatoms. The van der Waals surface area contributed by atoms with E-state index in [4.69, 9.17) is 4.74 Å². The molecule has 2 N–H and O–H groups in total. The lowest BCUT2D eigenvalue weighted by molar-refractivity contribution is 0.102. The van der Waals surface area contributed by atoms with Gasteiger partial charge in [-0.1, -0.05) is 66.7 Å². The molecule has 0 spiro atoms. The standard InChI is InChI=1S/C26H22N2O4S/c29-26(21-12-6-2-7-13-21)27-24-17-16-22(28-33(30,31)23-14-8-3-9-15-23)18-25(24)32-19-20-10-4-1-5-11-20/h1-18,28H,19H2,(H,27,29). The van der Waals surface area contributed by atoms with Crippen LogP contribution in [0.5, 0.6) is 5.75 Å². The van der Waals surface area contributed by atoms with Gasteiger partial charge in [-0.15, -0.1) is 0 Å². The largest absolute Gasteiger partial charge is 0.487 e. The van der Waals surface area contributed by atoms with Crippen LogP contribution < -0.4 is 14.8 Å². The molecule has 0 saturated carbocycles. The number of amides is 1. The Morgan fingerprint density at radius 3 is 2.03 bits per heavy atom. The van der Waals surface area contributed by atoms with Gasteiger partial charge < -0.3 is 10.1 Å². The molecule has 0 heterocycles. The second-order valence-electron chi connectivity index (χ2n) is 7.22. The van der Waals surface area contributed by atoms with Gasteiger partial charge in [0.15, 0.2) is 0 Å². The van der Waals surface area contributed by atoms with Crippen molar-refractivity contribution in [2.45, 2.75) is 11.5 Å². The molecule has 0 fully saturated rings. The molecule has 0 aliphatic rings. The molecule has 33 heavy (non-hydrogen) atoms. The summed E-state index contributed by atoms with van der Waals surface area (Å²) in [7, 11) is -3.77. The highest BCUT2D eigenvalue weighted by molar-refractivity contribution is 7.92. The van der Waals surface area contributed by atoms with Crippen molar-refractivity contribution in [3.05, 3.63) is 120 Å². The van der Waals surface area contributed by atoms with Crippen LogP contribution in [0.15, 0.2) is 114 Å². The number of ether oxygens (including phenoxy) is 1. The molecule has 4 aromatic carbocycles. The van der Waals surface area contributed by atoms with Crippen LogP contribution in [-0.2, 0) is 16.6 Å². The zero-order valence-corrected chi connectivity index (χ0v) is 18.5. The summed E-state index contributed by atoms with van der Waals surface area (Å²) in [6, 6.07) is 31.2. The summed E-state index contributed by atoms with van der Waals surface area (Å²) >= 11 is 0. The summed E-state index contributed by atoms with van der Waals surface area (Å²) in [5.41, 5.74) is 2.19. The maximum absolute atomic E-state index is 12.7. The lowest BCUT2D eigenvalue weighted by Gasteiger charge is -2.15. The lowest BCUT2D eigenvalue weighted by Crippen LogP contribution is -2.15. The van der Waals surface area contributed by atoms with Gasteiger partial charge in [0, 0.05) is 11.6 Å². The number of carbonyl (C=O) groups is 1. The Labute approximate surface area is 192 Å². The van der Waals surface area contributed by atoms with E-state index in [1.165, 1.54) is 12.1 Å². The molecular weight excluding hydrogens is 436 g/mol. The van der Waals surface area contributed by atoms with Crippen molar-refractivity contribution < 1.29 is 17.9 Å². The van der Waals surface area contributed by atoms with Gasteiger partial charge in [-0.2, -0.15) is 0 Å². The zero-order chi connectivity index (χ0) is 23.1. The highest BCUT2D eigenvalue weighted by Gasteiger charge is 2.16. The van der Waals surface area contributed by atoms with Crippen molar-refractivity contribution in [3.63, 3.8) is 0 Å². The Bertz CT molecular complexity index is 1330. The number of hydrogen-bond acceptors (Lipinski definition) is 4. The molecule has 6 nitrogen and oxygen atoms in total. The van der Waals surface area contributed by atoms with E-state index in [0.717, 1.165) is 5.56 Å². The maximum atomic E-state index is 12.7. The van der Waals surface area contributed by atoms with Crippen molar-refractivity contribution in [1.29, 1.82) is 0 Å². The molecule has 0 unspecified atom stereocenters. The summed E-state index contributed by atoms with van der Waals surface area (Å²) in [6.07, 6.45) is 0. The molecule has 4 rings (SSSR count). The number of nitrogens with one attached hydrogen (secondary N) is 2. The Morgan fingerprint density at radius 1 is 0.758 bits per heavy atom. The van der Waals surface area contributed by atoms with Gasteiger partial charge in [0.1, 0.15) is 12.4 Å². The van der Waals surface area contributed by atoms with E-state index in [1.807, 2.05) is 36.4 Å². The summed E-state index contributed by atoms with van der Waals surface area (Å²) in [5, 5.41) is 2.84. The second kappa shape index (κ2) is 10.0. The number of hydrogen-bond donors (Lipinski definition) is 2. The van der Waals surface area contributed by atoms with Gasteiger partial charge in [0.2, 0.25) is 0 Å². The van der Waals surface area contributed by atoms with Crippen molar-refractivity contribution in [3.8, 4) is 5.75 Å². The first-order valence-corrected chi connectivity index (χ1v) is 11.7. The van der Waals surface area contributed by atoms with E-state index >= 15 is 0 Å². The molecule has 166 valence electrons. The Morgan fingerprint density at radius 2 is 1.36 bits per heavy atom. The number of carbonyl (C=O) groups excluding carboxylic acids is 1. The van der Waals surface area contributed by atoms with Gasteiger partial charge in [-0.05, 0) is 42.0 Å². The predicted octanol–water partition coefficient (Wildman–Crippen LogP) is 5.32. The van der Waals surface area contributed by atoms with Crippen LogP contribution in [-0.4, -0.2) is 14.3 Å². The SMILES string of the molecule is O=C(Nc1ccc(NS(=O)(=O)c2ccccc2)cc1OCc1ccccc1)c1ccccc1. The average Bonchev–Trinajstić information content (AvgIpc) is 2.85. The van der Waals surface area contributed by atoms with E-state index in [-0.39, 0.29) is 17.4 Å². The van der Waals surface area contributed by atoms with Crippen molar-refractivity contribution in [2.75, 3.05) is 10.0 Å². The van der Waals surface area contributed by atoms with Crippen molar-refractivity contribution in [2.24, 2.45) is 0 Å². The Hall–Kier alpha value is -4.10. The molecule has 0 aliphatic heterocycles. The molecular formula is C26H22N2O4S. The first-order valence-electron chi connectivity index (χ1n) is 10.3. The van der Waals surface area contributed by atoms with Crippen LogP contribution in [0.1, 0.15) is 15.9 Å². The number of anilines is 2. The predicted molar refractivity (Wildman–Crippen MR) is 129 cm³/mol. The van der Waals surface area contributed by atoms with Gasteiger partial charge in [0.05, 0.1) is 16.3 Å². The topological polar surface area (TPSA) is 84.5 Å². The molecule has 0 saturated heterocycles. The summed E-state index contributed by atoms with van der Waals surface area (Å²) in [4.78, 5) is 12.8. The quantitative estimate of drug-likeness (QED) is 0.374. The van der Waals surface area contributed by atoms with Crippen molar-refractivity contribution in [1.82, 2.24) is 0 Å². The third-order valence-electron chi connectivity index (χ3n) is 4.81. The smallest absolute Gasteiger partial charge is 0.261 e. The normalized spacial score (nSPS) is 10.9. The van der Waals surface area contributed by atoms with E-state index in [1.54, 1.807) is 60.7 Å². The molecule has 1 amide bonds. The maximum Gasteiger partial charge on any atom is 0.261 e. The van der Waals surface area contributed by atoms with E-state index in [2.05, 4.69) is 10.0 Å². The van der Waals surface area contributed by atoms with Crippen LogP contribution in [0.3, 0.4) is 0 Å². The minimum atomic E-state index is -3.77. The minimum Gasteiger partial charge on any atom is -0.487 e. The fraction of sp³-hybridized carbons (Fsp3) is 0.0385. The molecule has 0 aliphatic carbocycles. The summed E-state index contributed by atoms with van der Waals surface area (Å²) < 4.78 is 34.0. The van der Waals surface area contributed by atoms with E-state index in [9.17, 15) is 13.2 Å². The van der Waals surface area contributed by atoms with Crippen LogP contribution in [0.2, 0.25) is 0 Å². The van der Waals surface area contributed by atoms with Crippen LogP contribution in [0.25, 0.3) is 0 Å². The van der Waals surface area contributed by atoms with Crippen LogP contribution >= 0.6 is 0 Å². The Balaban J connectivity index is 1.60. The van der Waals surface area contributed by atoms with Crippen molar-refractivity contribution >= 4 is 27.3 Å². The Kier molecular flexibility index (Phi) is 6.71. The minimum absolute atomic E-state index is 0.151. The fourth-order valence-electron chi connectivity index (χ4n) is 3.14. The van der Waals surface area contributed by atoms with E-state index in [0.29, 0.717) is 22.7 Å². The molecule has 0 atom stereocenters. The summed E-state index contributed by atoms with van der Waals surface area (Å²) in [5.74, 6) is 0.0502. The molecule has 4 aromatic rings. The van der Waals surface area contributed by atoms with E-state index < -0.39 is 10.0 Å². The van der Waals surface area contributed by atoms with Gasteiger partial charge in [0.25, 0.3) is 15.9 Å². The number of benzene rings is 4. The third kappa shape index (κ3) is 5.78. The van der Waals surface area contributed by atoms with Gasteiger partial charge >= 0.3 is 0 Å². The monoisotopic (exact) mass is 458 g/mol. The van der Waals surface area contributed by atoms with Crippen LogP contribution in [0.4, 0.5) is 11.4 Å². The van der Waals surface area contributed by atoms with Gasteiger partial charge in [-0.25, -0.2) is 8.42 Å². The second-order valence-corrected chi connectivity index (χ2v) is 8.91.